The quantitative estimate of drug-likeness (QED) is 0.451. The molecule has 42 heavy (non-hydrogen) atoms. The van der Waals surface area contributed by atoms with Gasteiger partial charge >= 0.3 is 6.01 Å². The van der Waals surface area contributed by atoms with E-state index in [4.69, 9.17) is 14.7 Å². The average molecular weight is 569 g/mol. The van der Waals surface area contributed by atoms with Crippen LogP contribution in [0.4, 0.5) is 15.9 Å². The number of hydrogen-bond donors (Lipinski definition) is 1. The maximum atomic E-state index is 14.5. The van der Waals surface area contributed by atoms with Crippen molar-refractivity contribution in [1.82, 2.24) is 20.2 Å². The topological polar surface area (TPSA) is 56.8 Å². The highest BCUT2D eigenvalue weighted by molar-refractivity contribution is 5.97. The molecule has 220 valence electrons. The van der Waals surface area contributed by atoms with Crippen LogP contribution in [0.15, 0.2) is 36.4 Å². The molecule has 3 aromatic rings. The van der Waals surface area contributed by atoms with Crippen molar-refractivity contribution < 1.29 is 9.13 Å². The van der Waals surface area contributed by atoms with Gasteiger partial charge in [0.1, 0.15) is 18.6 Å². The van der Waals surface area contributed by atoms with Crippen LogP contribution in [0, 0.1) is 0 Å². The van der Waals surface area contributed by atoms with Gasteiger partial charge in [-0.1, -0.05) is 30.3 Å². The first-order chi connectivity index (χ1) is 20.6. The van der Waals surface area contributed by atoms with Crippen molar-refractivity contribution in [1.29, 1.82) is 0 Å². The number of aromatic nitrogens is 2. The van der Waals surface area contributed by atoms with Crippen molar-refractivity contribution in [2.24, 2.45) is 0 Å². The van der Waals surface area contributed by atoms with E-state index < -0.39 is 6.17 Å². The molecule has 6 heterocycles. The predicted octanol–water partition coefficient (Wildman–Crippen LogP) is 4.97. The SMILES string of the molecule is F[C@H]1CN2CCCC2(COc2nc3c(c(N4CC5CCC(C4)N5)n2)CCN(c2cccc4cccc(C5CC5)c24)C3)C1. The monoisotopic (exact) mass is 568 g/mol. The molecule has 9 rings (SSSR count). The van der Waals surface area contributed by atoms with Gasteiger partial charge in [-0.3, -0.25) is 4.90 Å². The zero-order chi connectivity index (χ0) is 27.8. The summed E-state index contributed by atoms with van der Waals surface area (Å²) in [6.45, 7) is 5.64. The summed E-state index contributed by atoms with van der Waals surface area (Å²) in [5, 5.41) is 6.52. The minimum atomic E-state index is -0.764. The van der Waals surface area contributed by atoms with Crippen molar-refractivity contribution in [3.63, 3.8) is 0 Å². The van der Waals surface area contributed by atoms with Crippen molar-refractivity contribution in [3.8, 4) is 6.01 Å². The van der Waals surface area contributed by atoms with Crippen LogP contribution in [-0.2, 0) is 13.0 Å². The lowest BCUT2D eigenvalue weighted by molar-refractivity contribution is 0.107. The normalized spacial score (nSPS) is 30.6. The smallest absolute Gasteiger partial charge is 0.318 e. The lowest BCUT2D eigenvalue weighted by Crippen LogP contribution is -2.52. The molecule has 2 bridgehead atoms. The summed E-state index contributed by atoms with van der Waals surface area (Å²) in [5.41, 5.74) is 4.99. The van der Waals surface area contributed by atoms with Crippen LogP contribution >= 0.6 is 0 Å². The molecule has 0 spiro atoms. The maximum Gasteiger partial charge on any atom is 0.318 e. The number of halogens is 1. The van der Waals surface area contributed by atoms with Gasteiger partial charge < -0.3 is 19.9 Å². The Morgan fingerprint density at radius 2 is 1.79 bits per heavy atom. The second-order valence-corrected chi connectivity index (χ2v) is 13.8. The number of hydrogen-bond acceptors (Lipinski definition) is 7. The molecule has 1 N–H and O–H groups in total. The maximum absolute atomic E-state index is 14.5. The number of ether oxygens (including phenoxy) is 1. The molecule has 5 aliphatic heterocycles. The standard InChI is InChI=1S/C34H41FN6O/c35-24-16-34(13-3-14-41(34)17-24)21-42-33-37-29-20-39(30-7-2-5-23-4-1-6-27(31(23)30)22-8-9-22)15-12-28(29)32(38-33)40-18-25-10-11-26(19-40)36-25/h1-2,4-7,22,24-26,36H,3,8-21H2/t24-,25?,26?,34?/m1/s1. The first-order valence-corrected chi connectivity index (χ1v) is 16.3. The minimum Gasteiger partial charge on any atom is -0.461 e. The molecule has 1 aromatic heterocycles. The Labute approximate surface area is 247 Å². The van der Waals surface area contributed by atoms with Gasteiger partial charge in [-0.2, -0.15) is 9.97 Å². The predicted molar refractivity (Wildman–Crippen MR) is 163 cm³/mol. The van der Waals surface area contributed by atoms with Gasteiger partial charge in [0, 0.05) is 61.3 Å². The first-order valence-electron chi connectivity index (χ1n) is 16.3. The van der Waals surface area contributed by atoms with Gasteiger partial charge in [-0.25, -0.2) is 4.39 Å². The van der Waals surface area contributed by atoms with Crippen LogP contribution in [0.5, 0.6) is 6.01 Å². The van der Waals surface area contributed by atoms with E-state index in [1.54, 1.807) is 0 Å². The van der Waals surface area contributed by atoms with Crippen LogP contribution in [-0.4, -0.2) is 78.0 Å². The number of nitrogens with one attached hydrogen (secondary N) is 1. The molecule has 4 saturated heterocycles. The number of benzene rings is 2. The summed E-state index contributed by atoms with van der Waals surface area (Å²) < 4.78 is 21.0. The van der Waals surface area contributed by atoms with Crippen LogP contribution in [0.2, 0.25) is 0 Å². The fourth-order valence-electron chi connectivity index (χ4n) is 8.89. The Morgan fingerprint density at radius 1 is 0.952 bits per heavy atom. The van der Waals surface area contributed by atoms with Crippen LogP contribution in [0.1, 0.15) is 67.7 Å². The van der Waals surface area contributed by atoms with E-state index in [2.05, 4.69) is 56.4 Å². The molecule has 8 heteroatoms. The molecule has 6 aliphatic rings. The highest BCUT2D eigenvalue weighted by Gasteiger charge is 2.49. The van der Waals surface area contributed by atoms with Crippen molar-refractivity contribution >= 4 is 22.3 Å². The van der Waals surface area contributed by atoms with Gasteiger partial charge in [-0.15, -0.1) is 0 Å². The number of piperazine rings is 1. The molecule has 1 saturated carbocycles. The van der Waals surface area contributed by atoms with Crippen LogP contribution in [0.3, 0.4) is 0 Å². The summed E-state index contributed by atoms with van der Waals surface area (Å²) in [5.74, 6) is 1.76. The lowest BCUT2D eigenvalue weighted by atomic mass is 9.95. The minimum absolute atomic E-state index is 0.207. The van der Waals surface area contributed by atoms with Crippen molar-refractivity contribution in [2.45, 2.75) is 87.6 Å². The zero-order valence-electron chi connectivity index (χ0n) is 24.4. The van der Waals surface area contributed by atoms with Gasteiger partial charge in [0.25, 0.3) is 0 Å². The zero-order valence-corrected chi connectivity index (χ0v) is 24.4. The molecule has 3 unspecified atom stereocenters. The van der Waals surface area contributed by atoms with Crippen LogP contribution in [0.25, 0.3) is 10.8 Å². The van der Waals surface area contributed by atoms with E-state index in [1.807, 2.05) is 0 Å². The summed E-state index contributed by atoms with van der Waals surface area (Å²) in [7, 11) is 0. The van der Waals surface area contributed by atoms with Gasteiger partial charge in [-0.05, 0) is 74.4 Å². The molecule has 0 amide bonds. The molecular weight excluding hydrogens is 527 g/mol. The summed E-state index contributed by atoms with van der Waals surface area (Å²) in [6, 6.07) is 15.1. The lowest BCUT2D eigenvalue weighted by Gasteiger charge is -2.38. The summed E-state index contributed by atoms with van der Waals surface area (Å²) >= 11 is 0. The Balaban J connectivity index is 1.07. The molecule has 7 nitrogen and oxygen atoms in total. The average Bonchev–Trinajstić information content (AvgIpc) is 3.61. The third-order valence-electron chi connectivity index (χ3n) is 11.0. The largest absolute Gasteiger partial charge is 0.461 e. The van der Waals surface area contributed by atoms with Gasteiger partial charge in [0.15, 0.2) is 0 Å². The van der Waals surface area contributed by atoms with Gasteiger partial charge in [0.05, 0.1) is 17.8 Å². The van der Waals surface area contributed by atoms with E-state index >= 15 is 0 Å². The number of anilines is 2. The van der Waals surface area contributed by atoms with Crippen molar-refractivity contribution in [3.05, 3.63) is 53.2 Å². The molecule has 5 fully saturated rings. The Hall–Kier alpha value is -2.97. The summed E-state index contributed by atoms with van der Waals surface area (Å²) in [6.07, 6.45) is 7.88. The van der Waals surface area contributed by atoms with Crippen LogP contribution < -0.4 is 19.9 Å². The third kappa shape index (κ3) is 4.28. The fourth-order valence-corrected chi connectivity index (χ4v) is 8.89. The molecule has 0 radical (unpaired) electrons. The summed E-state index contributed by atoms with van der Waals surface area (Å²) in [4.78, 5) is 17.6. The molecule has 4 atom stereocenters. The van der Waals surface area contributed by atoms with E-state index in [9.17, 15) is 4.39 Å². The molecular formula is C34H41FN6O. The van der Waals surface area contributed by atoms with E-state index in [0.29, 0.717) is 43.6 Å². The van der Waals surface area contributed by atoms with E-state index in [1.165, 1.54) is 53.3 Å². The van der Waals surface area contributed by atoms with Gasteiger partial charge in [0.2, 0.25) is 0 Å². The molecule has 2 aromatic carbocycles. The Kier molecular flexibility index (Phi) is 5.94. The number of nitrogens with zero attached hydrogens (tertiary/aromatic N) is 5. The van der Waals surface area contributed by atoms with E-state index in [-0.39, 0.29) is 5.54 Å². The molecule has 1 aliphatic carbocycles. The fraction of sp³-hybridized carbons (Fsp3) is 0.588. The second-order valence-electron chi connectivity index (χ2n) is 13.8. The second kappa shape index (κ2) is 9.78. The number of fused-ring (bicyclic) bond motifs is 5. The third-order valence-corrected chi connectivity index (χ3v) is 11.0. The van der Waals surface area contributed by atoms with E-state index in [0.717, 1.165) is 63.5 Å². The number of rotatable bonds is 6. The Morgan fingerprint density at radius 3 is 2.62 bits per heavy atom. The highest BCUT2D eigenvalue weighted by atomic mass is 19.1. The Bertz CT molecular complexity index is 1510. The highest BCUT2D eigenvalue weighted by Crippen LogP contribution is 2.46. The van der Waals surface area contributed by atoms with Crippen molar-refractivity contribution in [2.75, 3.05) is 49.1 Å². The first kappa shape index (κ1) is 25.5. The number of alkyl halides is 1.